The molecule has 0 spiro atoms. The van der Waals surface area contributed by atoms with E-state index < -0.39 is 0 Å². The van der Waals surface area contributed by atoms with E-state index >= 15 is 0 Å². The Kier molecular flexibility index (Phi) is 2.75. The van der Waals surface area contributed by atoms with E-state index in [1.807, 2.05) is 6.07 Å². The maximum Gasteiger partial charge on any atom is 0.273 e. The van der Waals surface area contributed by atoms with Gasteiger partial charge in [-0.05, 0) is 24.3 Å². The van der Waals surface area contributed by atoms with E-state index in [0.717, 1.165) is 0 Å². The number of nitrogens with one attached hydrogen (secondary N) is 2. The summed E-state index contributed by atoms with van der Waals surface area (Å²) in [5.41, 5.74) is 7.08. The number of carbonyl (C=O) groups excluding carboxylic acids is 1. The van der Waals surface area contributed by atoms with Gasteiger partial charge < -0.3 is 11.1 Å². The van der Waals surface area contributed by atoms with Crippen molar-refractivity contribution >= 4 is 17.3 Å². The zero-order valence-electron chi connectivity index (χ0n) is 8.77. The highest BCUT2D eigenvalue weighted by Crippen LogP contribution is 2.18. The summed E-state index contributed by atoms with van der Waals surface area (Å²) in [5, 5.41) is 17.7. The maximum atomic E-state index is 11.7. The molecule has 2 rings (SSSR count). The number of nitrogens with two attached hydrogens (primary N) is 1. The van der Waals surface area contributed by atoms with Gasteiger partial charge in [-0.1, -0.05) is 0 Å². The van der Waals surface area contributed by atoms with Gasteiger partial charge in [-0.2, -0.15) is 10.4 Å². The zero-order chi connectivity index (χ0) is 12.3. The van der Waals surface area contributed by atoms with Crippen LogP contribution in [0.1, 0.15) is 16.1 Å². The van der Waals surface area contributed by atoms with Crippen molar-refractivity contribution in [2.24, 2.45) is 0 Å². The van der Waals surface area contributed by atoms with Crippen LogP contribution in [-0.2, 0) is 0 Å². The quantitative estimate of drug-likeness (QED) is 0.668. The number of carbonyl (C=O) groups is 1. The summed E-state index contributed by atoms with van der Waals surface area (Å²) >= 11 is 0. The van der Waals surface area contributed by atoms with Crippen LogP contribution in [0.2, 0.25) is 0 Å². The number of aromatic nitrogens is 2. The van der Waals surface area contributed by atoms with Crippen LogP contribution in [-0.4, -0.2) is 16.1 Å². The van der Waals surface area contributed by atoms with Crippen LogP contribution >= 0.6 is 0 Å². The minimum atomic E-state index is -0.358. The number of H-pyrrole nitrogens is 1. The van der Waals surface area contributed by atoms with Gasteiger partial charge in [-0.3, -0.25) is 9.89 Å². The molecule has 0 unspecified atom stereocenters. The first kappa shape index (κ1) is 10.7. The standard InChI is InChI=1S/C11H9N5O/c12-6-7-5-8(13)1-2-9(7)15-11(17)10-3-4-14-16-10/h1-5H,13H2,(H,14,16)(H,15,17). The Morgan fingerprint density at radius 1 is 1.47 bits per heavy atom. The number of nitriles is 1. The molecule has 0 bridgehead atoms. The van der Waals surface area contributed by atoms with Gasteiger partial charge in [-0.25, -0.2) is 0 Å². The molecular formula is C11H9N5O. The van der Waals surface area contributed by atoms with Gasteiger partial charge >= 0.3 is 0 Å². The third-order valence-corrected chi connectivity index (χ3v) is 2.16. The van der Waals surface area contributed by atoms with E-state index in [1.54, 1.807) is 18.2 Å². The van der Waals surface area contributed by atoms with Crippen LogP contribution < -0.4 is 11.1 Å². The van der Waals surface area contributed by atoms with Gasteiger partial charge in [0.1, 0.15) is 11.8 Å². The van der Waals surface area contributed by atoms with E-state index in [2.05, 4.69) is 15.5 Å². The second-order valence-electron chi connectivity index (χ2n) is 3.34. The Balaban J connectivity index is 2.25. The summed E-state index contributed by atoms with van der Waals surface area (Å²) in [7, 11) is 0. The minimum Gasteiger partial charge on any atom is -0.399 e. The molecule has 0 aliphatic rings. The molecule has 6 heteroatoms. The number of benzene rings is 1. The summed E-state index contributed by atoms with van der Waals surface area (Å²) < 4.78 is 0. The molecule has 6 nitrogen and oxygen atoms in total. The first-order valence-corrected chi connectivity index (χ1v) is 4.81. The van der Waals surface area contributed by atoms with Crippen molar-refractivity contribution in [3.05, 3.63) is 41.7 Å². The molecule has 0 saturated heterocycles. The van der Waals surface area contributed by atoms with Gasteiger partial charge in [0, 0.05) is 11.9 Å². The molecule has 1 amide bonds. The number of aromatic amines is 1. The van der Waals surface area contributed by atoms with E-state index in [9.17, 15) is 4.79 Å². The first-order valence-electron chi connectivity index (χ1n) is 4.81. The van der Waals surface area contributed by atoms with Crippen molar-refractivity contribution in [2.75, 3.05) is 11.1 Å². The second kappa shape index (κ2) is 4.37. The second-order valence-corrected chi connectivity index (χ2v) is 3.34. The molecule has 4 N–H and O–H groups in total. The Morgan fingerprint density at radius 3 is 2.94 bits per heavy atom. The molecular weight excluding hydrogens is 218 g/mol. The van der Waals surface area contributed by atoms with Crippen molar-refractivity contribution in [1.29, 1.82) is 5.26 Å². The fraction of sp³-hybridized carbons (Fsp3) is 0. The molecule has 1 aromatic carbocycles. The minimum absolute atomic E-state index is 0.317. The lowest BCUT2D eigenvalue weighted by atomic mass is 10.1. The van der Waals surface area contributed by atoms with Crippen LogP contribution in [0.15, 0.2) is 30.5 Å². The fourth-order valence-corrected chi connectivity index (χ4v) is 1.34. The maximum absolute atomic E-state index is 11.7. The predicted molar refractivity (Wildman–Crippen MR) is 62.1 cm³/mol. The van der Waals surface area contributed by atoms with Crippen molar-refractivity contribution in [3.8, 4) is 6.07 Å². The molecule has 0 aliphatic heterocycles. The summed E-state index contributed by atoms with van der Waals surface area (Å²) in [6.45, 7) is 0. The first-order chi connectivity index (χ1) is 8.20. The molecule has 0 radical (unpaired) electrons. The van der Waals surface area contributed by atoms with Crippen molar-refractivity contribution in [2.45, 2.75) is 0 Å². The molecule has 84 valence electrons. The third-order valence-electron chi connectivity index (χ3n) is 2.16. The number of rotatable bonds is 2. The average Bonchev–Trinajstić information content (AvgIpc) is 2.85. The molecule has 1 heterocycles. The summed E-state index contributed by atoms with van der Waals surface area (Å²) in [6, 6.07) is 8.21. The number of hydrogen-bond acceptors (Lipinski definition) is 4. The van der Waals surface area contributed by atoms with Crippen LogP contribution in [0.25, 0.3) is 0 Å². The molecule has 1 aromatic heterocycles. The van der Waals surface area contributed by atoms with E-state index in [-0.39, 0.29) is 5.91 Å². The van der Waals surface area contributed by atoms with Gasteiger partial charge in [0.25, 0.3) is 5.91 Å². The lowest BCUT2D eigenvalue weighted by Crippen LogP contribution is -2.13. The highest BCUT2D eigenvalue weighted by molar-refractivity contribution is 6.03. The Bertz CT molecular complexity index is 582. The summed E-state index contributed by atoms with van der Waals surface area (Å²) in [4.78, 5) is 11.7. The Morgan fingerprint density at radius 2 is 2.29 bits per heavy atom. The normalized spacial score (nSPS) is 9.59. The van der Waals surface area contributed by atoms with Crippen LogP contribution in [0, 0.1) is 11.3 Å². The van der Waals surface area contributed by atoms with Crippen molar-refractivity contribution in [1.82, 2.24) is 10.2 Å². The van der Waals surface area contributed by atoms with Gasteiger partial charge in [0.15, 0.2) is 0 Å². The predicted octanol–water partition coefficient (Wildman–Crippen LogP) is 1.12. The van der Waals surface area contributed by atoms with E-state index in [1.165, 1.54) is 12.3 Å². The zero-order valence-corrected chi connectivity index (χ0v) is 8.77. The highest BCUT2D eigenvalue weighted by Gasteiger charge is 2.10. The molecule has 0 atom stereocenters. The third kappa shape index (κ3) is 2.23. The number of amides is 1. The smallest absolute Gasteiger partial charge is 0.273 e. The molecule has 0 saturated carbocycles. The Labute approximate surface area is 97.1 Å². The summed E-state index contributed by atoms with van der Waals surface area (Å²) in [5.74, 6) is -0.358. The van der Waals surface area contributed by atoms with E-state index in [4.69, 9.17) is 11.0 Å². The highest BCUT2D eigenvalue weighted by atomic mass is 16.1. The number of hydrogen-bond donors (Lipinski definition) is 3. The van der Waals surface area contributed by atoms with Crippen LogP contribution in [0.3, 0.4) is 0 Å². The number of anilines is 2. The summed E-state index contributed by atoms with van der Waals surface area (Å²) in [6.07, 6.45) is 1.48. The molecule has 2 aromatic rings. The van der Waals surface area contributed by atoms with Crippen LogP contribution in [0.5, 0.6) is 0 Å². The van der Waals surface area contributed by atoms with Gasteiger partial charge in [0.2, 0.25) is 0 Å². The molecule has 17 heavy (non-hydrogen) atoms. The monoisotopic (exact) mass is 227 g/mol. The molecule has 0 aliphatic carbocycles. The largest absolute Gasteiger partial charge is 0.399 e. The number of nitrogens with zero attached hydrogens (tertiary/aromatic N) is 2. The van der Waals surface area contributed by atoms with Crippen molar-refractivity contribution in [3.63, 3.8) is 0 Å². The lowest BCUT2D eigenvalue weighted by molar-refractivity contribution is 0.102. The van der Waals surface area contributed by atoms with Crippen LogP contribution in [0.4, 0.5) is 11.4 Å². The SMILES string of the molecule is N#Cc1cc(N)ccc1NC(=O)c1ccn[nH]1. The topological polar surface area (TPSA) is 108 Å². The van der Waals surface area contributed by atoms with Crippen molar-refractivity contribution < 1.29 is 4.79 Å². The lowest BCUT2D eigenvalue weighted by Gasteiger charge is -2.06. The molecule has 0 fully saturated rings. The van der Waals surface area contributed by atoms with Gasteiger partial charge in [0.05, 0.1) is 11.3 Å². The Hall–Kier alpha value is -2.81. The average molecular weight is 227 g/mol. The number of nitrogen functional groups attached to an aromatic ring is 1. The van der Waals surface area contributed by atoms with Gasteiger partial charge in [-0.15, -0.1) is 0 Å². The van der Waals surface area contributed by atoms with E-state index in [0.29, 0.717) is 22.6 Å². The fourth-order valence-electron chi connectivity index (χ4n) is 1.34.